The molecule has 2 aromatic carbocycles. The summed E-state index contributed by atoms with van der Waals surface area (Å²) < 4.78 is 6.23. The summed E-state index contributed by atoms with van der Waals surface area (Å²) in [5.41, 5.74) is 1.90. The highest BCUT2D eigenvalue weighted by Crippen LogP contribution is 2.41. The van der Waals surface area contributed by atoms with E-state index in [-0.39, 0.29) is 23.5 Å². The van der Waals surface area contributed by atoms with E-state index in [1.165, 1.54) is 11.3 Å². The summed E-state index contributed by atoms with van der Waals surface area (Å²) >= 11 is 10.6. The van der Waals surface area contributed by atoms with Gasteiger partial charge in [0.1, 0.15) is 5.58 Å². The highest BCUT2D eigenvalue weighted by molar-refractivity contribution is 9.11. The maximum Gasteiger partial charge on any atom is 0.337 e. The Bertz CT molecular complexity index is 1170. The first kappa shape index (κ1) is 18.9. The minimum absolute atomic E-state index is 0.0773. The number of halogens is 2. The van der Waals surface area contributed by atoms with Crippen molar-refractivity contribution < 1.29 is 19.1 Å². The molecule has 2 aromatic heterocycles. The third kappa shape index (κ3) is 3.51. The van der Waals surface area contributed by atoms with Crippen LogP contribution in [0.2, 0.25) is 5.02 Å². The van der Waals surface area contributed by atoms with Crippen LogP contribution in [0.25, 0.3) is 21.4 Å². The Morgan fingerprint density at radius 3 is 2.50 bits per heavy atom. The third-order valence-electron chi connectivity index (χ3n) is 4.32. The van der Waals surface area contributed by atoms with Gasteiger partial charge in [-0.05, 0) is 45.8 Å². The van der Waals surface area contributed by atoms with E-state index in [0.717, 1.165) is 10.9 Å². The van der Waals surface area contributed by atoms with Crippen LogP contribution >= 0.6 is 38.9 Å². The molecule has 0 spiro atoms. The molecule has 0 amide bonds. The lowest BCUT2D eigenvalue weighted by Crippen LogP contribution is -2.07. The van der Waals surface area contributed by atoms with Crippen molar-refractivity contribution in [2.45, 2.75) is 6.42 Å². The Morgan fingerprint density at radius 2 is 1.82 bits per heavy atom. The number of ketones is 1. The SMILES string of the molecule is O=C(Cc1c(Br)sc(-c2ccc(Cl)cc2)c1C(=O)O)c1cc2ccccc2o1. The molecule has 7 heteroatoms. The molecule has 28 heavy (non-hydrogen) atoms. The van der Waals surface area contributed by atoms with Crippen molar-refractivity contribution in [1.29, 1.82) is 0 Å². The second kappa shape index (κ2) is 7.54. The number of aromatic carboxylic acids is 1. The highest BCUT2D eigenvalue weighted by atomic mass is 79.9. The minimum Gasteiger partial charge on any atom is -0.478 e. The summed E-state index contributed by atoms with van der Waals surface area (Å²) in [5.74, 6) is -1.15. The molecule has 0 saturated heterocycles. The quantitative estimate of drug-likeness (QED) is 0.326. The standard InChI is InChI=1S/C21H12BrClO4S/c22-20-14(10-15(24)17-9-12-3-1-2-4-16(12)27-17)18(21(25)26)19(28-20)11-5-7-13(23)8-6-11/h1-9H,10H2,(H,25,26). The summed E-state index contributed by atoms with van der Waals surface area (Å²) in [6.45, 7) is 0. The van der Waals surface area contributed by atoms with Gasteiger partial charge in [-0.1, -0.05) is 41.9 Å². The molecular formula is C21H12BrClO4S. The molecule has 0 aliphatic rings. The molecule has 2 heterocycles. The van der Waals surface area contributed by atoms with Gasteiger partial charge >= 0.3 is 5.97 Å². The van der Waals surface area contributed by atoms with Gasteiger partial charge in [-0.15, -0.1) is 11.3 Å². The Morgan fingerprint density at radius 1 is 1.11 bits per heavy atom. The first-order valence-electron chi connectivity index (χ1n) is 8.26. The van der Waals surface area contributed by atoms with E-state index in [1.807, 2.05) is 18.2 Å². The van der Waals surface area contributed by atoms with Gasteiger partial charge in [0, 0.05) is 22.4 Å². The van der Waals surface area contributed by atoms with E-state index >= 15 is 0 Å². The van der Waals surface area contributed by atoms with E-state index in [9.17, 15) is 14.7 Å². The fourth-order valence-corrected chi connectivity index (χ4v) is 4.99. The number of para-hydroxylation sites is 1. The number of carboxylic acid groups (broad SMARTS) is 1. The molecular weight excluding hydrogens is 464 g/mol. The molecule has 0 saturated carbocycles. The lowest BCUT2D eigenvalue weighted by atomic mass is 10.0. The van der Waals surface area contributed by atoms with Crippen LogP contribution < -0.4 is 0 Å². The van der Waals surface area contributed by atoms with Crippen LogP contribution in [0.15, 0.2) is 62.8 Å². The lowest BCUT2D eigenvalue weighted by molar-refractivity contribution is 0.0697. The first-order valence-corrected chi connectivity index (χ1v) is 10.2. The summed E-state index contributed by atoms with van der Waals surface area (Å²) in [6.07, 6.45) is -0.0773. The van der Waals surface area contributed by atoms with Crippen LogP contribution in [-0.2, 0) is 6.42 Å². The fraction of sp³-hybridized carbons (Fsp3) is 0.0476. The van der Waals surface area contributed by atoms with Crippen LogP contribution in [0.1, 0.15) is 26.5 Å². The Labute approximate surface area is 177 Å². The number of carbonyl (C=O) groups is 2. The molecule has 0 fully saturated rings. The smallest absolute Gasteiger partial charge is 0.337 e. The number of hydrogen-bond acceptors (Lipinski definition) is 4. The van der Waals surface area contributed by atoms with Crippen molar-refractivity contribution in [3.8, 4) is 10.4 Å². The van der Waals surface area contributed by atoms with Crippen molar-refractivity contribution in [3.63, 3.8) is 0 Å². The summed E-state index contributed by atoms with van der Waals surface area (Å²) in [4.78, 5) is 25.3. The van der Waals surface area contributed by atoms with Gasteiger partial charge in [-0.2, -0.15) is 0 Å². The second-order valence-corrected chi connectivity index (χ2v) is 8.89. The van der Waals surface area contributed by atoms with Crippen LogP contribution in [0.3, 0.4) is 0 Å². The summed E-state index contributed by atoms with van der Waals surface area (Å²) in [6, 6.07) is 15.9. The molecule has 4 rings (SSSR count). The maximum absolute atomic E-state index is 12.8. The fourth-order valence-electron chi connectivity index (χ4n) is 2.99. The number of rotatable bonds is 5. The second-order valence-electron chi connectivity index (χ2n) is 6.12. The topological polar surface area (TPSA) is 67.5 Å². The van der Waals surface area contributed by atoms with Crippen LogP contribution in [-0.4, -0.2) is 16.9 Å². The predicted molar refractivity (Wildman–Crippen MR) is 114 cm³/mol. The zero-order valence-electron chi connectivity index (χ0n) is 14.2. The number of benzene rings is 2. The van der Waals surface area contributed by atoms with Gasteiger partial charge in [0.2, 0.25) is 5.78 Å². The van der Waals surface area contributed by atoms with E-state index in [4.69, 9.17) is 16.0 Å². The average Bonchev–Trinajstić information content (AvgIpc) is 3.24. The summed E-state index contributed by atoms with van der Waals surface area (Å²) in [7, 11) is 0. The normalized spacial score (nSPS) is 11.1. The van der Waals surface area contributed by atoms with Gasteiger partial charge in [-0.25, -0.2) is 4.79 Å². The van der Waals surface area contributed by atoms with Crippen molar-refractivity contribution in [2.24, 2.45) is 0 Å². The van der Waals surface area contributed by atoms with Gasteiger partial charge in [-0.3, -0.25) is 4.79 Å². The number of furan rings is 1. The number of fused-ring (bicyclic) bond motifs is 1. The molecule has 0 bridgehead atoms. The molecule has 0 atom stereocenters. The third-order valence-corrected chi connectivity index (χ3v) is 6.60. The molecule has 0 aliphatic carbocycles. The van der Waals surface area contributed by atoms with E-state index in [1.54, 1.807) is 36.4 Å². The number of carbonyl (C=O) groups excluding carboxylic acids is 1. The number of Topliss-reactive ketones (excluding diaryl/α,β-unsaturated/α-hetero) is 1. The van der Waals surface area contributed by atoms with Crippen LogP contribution in [0, 0.1) is 0 Å². The monoisotopic (exact) mass is 474 g/mol. The highest BCUT2D eigenvalue weighted by Gasteiger charge is 2.26. The molecule has 0 unspecified atom stereocenters. The average molecular weight is 476 g/mol. The Balaban J connectivity index is 1.73. The van der Waals surface area contributed by atoms with Crippen molar-refractivity contribution >= 4 is 61.6 Å². The molecule has 4 aromatic rings. The molecule has 1 N–H and O–H groups in total. The molecule has 4 nitrogen and oxygen atoms in total. The largest absolute Gasteiger partial charge is 0.478 e. The van der Waals surface area contributed by atoms with E-state index in [2.05, 4.69) is 15.9 Å². The van der Waals surface area contributed by atoms with Gasteiger partial charge in [0.25, 0.3) is 0 Å². The summed E-state index contributed by atoms with van der Waals surface area (Å²) in [5, 5.41) is 11.2. The minimum atomic E-state index is -1.08. The lowest BCUT2D eigenvalue weighted by Gasteiger charge is -2.03. The number of hydrogen-bond donors (Lipinski definition) is 1. The van der Waals surface area contributed by atoms with Crippen LogP contribution in [0.4, 0.5) is 0 Å². The maximum atomic E-state index is 12.8. The van der Waals surface area contributed by atoms with Crippen molar-refractivity contribution in [2.75, 3.05) is 0 Å². The van der Waals surface area contributed by atoms with Gasteiger partial charge in [0.05, 0.1) is 14.2 Å². The zero-order chi connectivity index (χ0) is 19.8. The molecule has 0 radical (unpaired) electrons. The predicted octanol–water partition coefficient (Wildman–Crippen LogP) is 6.70. The van der Waals surface area contributed by atoms with Gasteiger partial charge < -0.3 is 9.52 Å². The molecule has 140 valence electrons. The van der Waals surface area contributed by atoms with Crippen molar-refractivity contribution in [3.05, 3.63) is 80.3 Å². The van der Waals surface area contributed by atoms with Gasteiger partial charge in [0.15, 0.2) is 5.76 Å². The zero-order valence-corrected chi connectivity index (χ0v) is 17.4. The van der Waals surface area contributed by atoms with E-state index < -0.39 is 5.97 Å². The van der Waals surface area contributed by atoms with Crippen molar-refractivity contribution in [1.82, 2.24) is 0 Å². The van der Waals surface area contributed by atoms with Crippen LogP contribution in [0.5, 0.6) is 0 Å². The first-order chi connectivity index (χ1) is 13.4. The molecule has 0 aliphatic heterocycles. The Kier molecular flexibility index (Phi) is 5.10. The Hall–Kier alpha value is -2.41. The number of thiophene rings is 1. The van der Waals surface area contributed by atoms with E-state index in [0.29, 0.717) is 24.8 Å². The number of carboxylic acids is 1.